The average Bonchev–Trinajstić information content (AvgIpc) is 1.79. The van der Waals surface area contributed by atoms with Gasteiger partial charge in [-0.2, -0.15) is 0 Å². The Morgan fingerprint density at radius 1 is 1.22 bits per heavy atom. The first-order valence-electron chi connectivity index (χ1n) is 4.06. The van der Waals surface area contributed by atoms with Gasteiger partial charge < -0.3 is 0 Å². The van der Waals surface area contributed by atoms with Crippen LogP contribution in [0.25, 0.3) is 0 Å². The van der Waals surface area contributed by atoms with Crippen LogP contribution >= 0.6 is 0 Å². The Balaban J connectivity index is 2.30. The molecular weight excluding hydrogens is 108 g/mol. The van der Waals surface area contributed by atoms with E-state index in [0.29, 0.717) is 0 Å². The lowest BCUT2D eigenvalue weighted by molar-refractivity contribution is 0.552. The number of rotatable bonds is 0. The third kappa shape index (κ3) is 2.69. The maximum Gasteiger partial charge on any atom is -0.0262 e. The Morgan fingerprint density at radius 2 is 2.11 bits per heavy atom. The highest BCUT2D eigenvalue weighted by atomic mass is 14.0. The molecule has 0 heterocycles. The normalized spacial score (nSPS) is 32.8. The van der Waals surface area contributed by atoms with Crippen molar-refractivity contribution in [2.24, 2.45) is 5.92 Å². The van der Waals surface area contributed by atoms with E-state index in [9.17, 15) is 0 Å². The van der Waals surface area contributed by atoms with Crippen molar-refractivity contribution in [2.75, 3.05) is 0 Å². The summed E-state index contributed by atoms with van der Waals surface area (Å²) in [5.41, 5.74) is 0. The summed E-state index contributed by atoms with van der Waals surface area (Å²) in [6, 6.07) is 0. The van der Waals surface area contributed by atoms with Gasteiger partial charge in [0.15, 0.2) is 0 Å². The topological polar surface area (TPSA) is 0 Å². The molecule has 0 saturated heterocycles. The first-order valence-corrected chi connectivity index (χ1v) is 4.06. The second kappa shape index (κ2) is 3.71. The molecular formula is C9H16. The predicted octanol–water partition coefficient (Wildman–Crippen LogP) is 3.14. The summed E-state index contributed by atoms with van der Waals surface area (Å²) in [6.45, 7) is 2.31. The van der Waals surface area contributed by atoms with Gasteiger partial charge >= 0.3 is 0 Å². The monoisotopic (exact) mass is 124 g/mol. The average molecular weight is 124 g/mol. The molecule has 0 aromatic rings. The van der Waals surface area contributed by atoms with Crippen LogP contribution in [-0.4, -0.2) is 0 Å². The zero-order valence-electron chi connectivity index (χ0n) is 6.27. The molecule has 1 aliphatic carbocycles. The maximum absolute atomic E-state index is 2.36. The lowest BCUT2D eigenvalue weighted by Gasteiger charge is -2.08. The maximum atomic E-state index is 2.36. The molecule has 0 saturated carbocycles. The zero-order valence-corrected chi connectivity index (χ0v) is 6.27. The van der Waals surface area contributed by atoms with Gasteiger partial charge in [0.25, 0.3) is 0 Å². The van der Waals surface area contributed by atoms with Gasteiger partial charge in [0.2, 0.25) is 0 Å². The summed E-state index contributed by atoms with van der Waals surface area (Å²) in [5, 5.41) is 0. The van der Waals surface area contributed by atoms with Crippen molar-refractivity contribution in [1.82, 2.24) is 0 Å². The molecule has 0 aliphatic heterocycles. The van der Waals surface area contributed by atoms with Crippen molar-refractivity contribution in [2.45, 2.75) is 39.0 Å². The van der Waals surface area contributed by atoms with Gasteiger partial charge in [0.1, 0.15) is 0 Å². The molecule has 0 N–H and O–H groups in total. The Kier molecular flexibility index (Phi) is 2.82. The van der Waals surface area contributed by atoms with E-state index in [2.05, 4.69) is 19.1 Å². The SMILES string of the molecule is C[C@@H]1/C=C/CCCCC1. The summed E-state index contributed by atoms with van der Waals surface area (Å²) in [4.78, 5) is 0. The van der Waals surface area contributed by atoms with Gasteiger partial charge in [0.05, 0.1) is 0 Å². The quantitative estimate of drug-likeness (QED) is 0.435. The molecule has 0 radical (unpaired) electrons. The fourth-order valence-electron chi connectivity index (χ4n) is 1.33. The second-order valence-electron chi connectivity index (χ2n) is 3.04. The molecule has 0 fully saturated rings. The Hall–Kier alpha value is -0.260. The van der Waals surface area contributed by atoms with Crippen LogP contribution in [0.3, 0.4) is 0 Å². The summed E-state index contributed by atoms with van der Waals surface area (Å²) in [7, 11) is 0. The van der Waals surface area contributed by atoms with Gasteiger partial charge in [-0.3, -0.25) is 0 Å². The molecule has 0 unspecified atom stereocenters. The summed E-state index contributed by atoms with van der Waals surface area (Å²) in [5.74, 6) is 0.838. The fraction of sp³-hybridized carbons (Fsp3) is 0.778. The van der Waals surface area contributed by atoms with Gasteiger partial charge in [-0.1, -0.05) is 31.9 Å². The van der Waals surface area contributed by atoms with Crippen molar-refractivity contribution in [1.29, 1.82) is 0 Å². The van der Waals surface area contributed by atoms with Crippen LogP contribution in [0.2, 0.25) is 0 Å². The van der Waals surface area contributed by atoms with Gasteiger partial charge in [-0.15, -0.1) is 0 Å². The highest BCUT2D eigenvalue weighted by Crippen LogP contribution is 2.15. The first kappa shape index (κ1) is 6.85. The van der Waals surface area contributed by atoms with Crippen LogP contribution in [0, 0.1) is 5.92 Å². The highest BCUT2D eigenvalue weighted by Gasteiger charge is 1.98. The predicted molar refractivity (Wildman–Crippen MR) is 41.4 cm³/mol. The minimum Gasteiger partial charge on any atom is -0.0883 e. The van der Waals surface area contributed by atoms with E-state index >= 15 is 0 Å². The minimum absolute atomic E-state index is 0.838. The van der Waals surface area contributed by atoms with Gasteiger partial charge in [-0.25, -0.2) is 0 Å². The van der Waals surface area contributed by atoms with E-state index in [4.69, 9.17) is 0 Å². The van der Waals surface area contributed by atoms with Crippen LogP contribution in [0.15, 0.2) is 12.2 Å². The largest absolute Gasteiger partial charge is 0.0883 e. The third-order valence-corrected chi connectivity index (χ3v) is 1.99. The number of hydrogen-bond donors (Lipinski definition) is 0. The van der Waals surface area contributed by atoms with Crippen molar-refractivity contribution in [3.8, 4) is 0 Å². The van der Waals surface area contributed by atoms with Crippen LogP contribution in [0.5, 0.6) is 0 Å². The molecule has 0 aromatic heterocycles. The fourth-order valence-corrected chi connectivity index (χ4v) is 1.33. The third-order valence-electron chi connectivity index (χ3n) is 1.99. The van der Waals surface area contributed by atoms with Crippen LogP contribution in [0.4, 0.5) is 0 Å². The van der Waals surface area contributed by atoms with Gasteiger partial charge in [-0.05, 0) is 25.2 Å². The Morgan fingerprint density at radius 3 is 3.00 bits per heavy atom. The zero-order chi connectivity index (χ0) is 6.53. The lowest BCUT2D eigenvalue weighted by Crippen LogP contribution is -1.92. The smallest absolute Gasteiger partial charge is 0.0262 e. The number of hydrogen-bond acceptors (Lipinski definition) is 0. The van der Waals surface area contributed by atoms with Gasteiger partial charge in [0, 0.05) is 0 Å². The van der Waals surface area contributed by atoms with Crippen LogP contribution in [-0.2, 0) is 0 Å². The van der Waals surface area contributed by atoms with Crippen molar-refractivity contribution in [3.63, 3.8) is 0 Å². The van der Waals surface area contributed by atoms with E-state index in [1.807, 2.05) is 0 Å². The summed E-state index contributed by atoms with van der Waals surface area (Å²) < 4.78 is 0. The van der Waals surface area contributed by atoms with Crippen molar-refractivity contribution >= 4 is 0 Å². The van der Waals surface area contributed by atoms with Crippen LogP contribution < -0.4 is 0 Å². The second-order valence-corrected chi connectivity index (χ2v) is 3.04. The summed E-state index contributed by atoms with van der Waals surface area (Å²) >= 11 is 0. The lowest BCUT2D eigenvalue weighted by atomic mass is 9.98. The molecule has 0 bridgehead atoms. The van der Waals surface area contributed by atoms with Crippen LogP contribution in [0.1, 0.15) is 39.0 Å². The molecule has 0 amide bonds. The highest BCUT2D eigenvalue weighted by molar-refractivity contribution is 4.87. The van der Waals surface area contributed by atoms with Crippen molar-refractivity contribution < 1.29 is 0 Å². The first-order chi connectivity index (χ1) is 4.39. The Bertz CT molecular complexity index is 92.2. The van der Waals surface area contributed by atoms with E-state index in [1.165, 1.54) is 32.1 Å². The summed E-state index contributed by atoms with van der Waals surface area (Å²) in [6.07, 6.45) is 11.7. The molecule has 1 atom stereocenters. The van der Waals surface area contributed by atoms with Crippen molar-refractivity contribution in [3.05, 3.63) is 12.2 Å². The molecule has 0 aromatic carbocycles. The standard InChI is InChI=1S/C9H16/c1-9-7-5-3-2-4-6-8-9/h5,7,9H,2-4,6,8H2,1H3/b7-5+/t9-/m1/s1. The van der Waals surface area contributed by atoms with E-state index < -0.39 is 0 Å². The molecule has 1 aliphatic rings. The number of allylic oxidation sites excluding steroid dienone is 2. The molecule has 9 heavy (non-hydrogen) atoms. The molecule has 1 rings (SSSR count). The molecule has 0 heteroatoms. The van der Waals surface area contributed by atoms with E-state index in [-0.39, 0.29) is 0 Å². The Labute approximate surface area is 58.0 Å². The minimum atomic E-state index is 0.838. The molecule has 0 spiro atoms. The molecule has 0 nitrogen and oxygen atoms in total. The van der Waals surface area contributed by atoms with E-state index in [1.54, 1.807) is 0 Å². The molecule has 52 valence electrons. The van der Waals surface area contributed by atoms with E-state index in [0.717, 1.165) is 5.92 Å².